The third-order valence-corrected chi connectivity index (χ3v) is 3.05. The molecule has 1 unspecified atom stereocenters. The van der Waals surface area contributed by atoms with Crippen LogP contribution in [0, 0.1) is 0 Å². The number of nitrogens with zero attached hydrogens (tertiary/aromatic N) is 1. The summed E-state index contributed by atoms with van der Waals surface area (Å²) in [5.41, 5.74) is 0.631. The summed E-state index contributed by atoms with van der Waals surface area (Å²) in [7, 11) is 1.67. The van der Waals surface area contributed by atoms with Gasteiger partial charge in [0.1, 0.15) is 6.04 Å². The van der Waals surface area contributed by atoms with Crippen molar-refractivity contribution >= 4 is 29.2 Å². The van der Waals surface area contributed by atoms with Crippen LogP contribution in [0.2, 0.25) is 5.02 Å². The smallest absolute Gasteiger partial charge is 0.320 e. The van der Waals surface area contributed by atoms with E-state index in [1.807, 2.05) is 0 Å². The first-order valence-corrected chi connectivity index (χ1v) is 6.26. The van der Waals surface area contributed by atoms with E-state index in [0.29, 0.717) is 17.3 Å². The summed E-state index contributed by atoms with van der Waals surface area (Å²) in [5.74, 6) is -1.08. The van der Waals surface area contributed by atoms with Crippen molar-refractivity contribution in [1.29, 1.82) is 0 Å². The van der Waals surface area contributed by atoms with Gasteiger partial charge in [-0.25, -0.2) is 0 Å². The highest BCUT2D eigenvalue weighted by molar-refractivity contribution is 6.30. The molecule has 6 heteroatoms. The molecule has 1 aromatic rings. The average Bonchev–Trinajstić information content (AvgIpc) is 2.34. The fourth-order valence-corrected chi connectivity index (χ4v) is 1.64. The minimum absolute atomic E-state index is 0.174. The first kappa shape index (κ1) is 15.5. The van der Waals surface area contributed by atoms with Gasteiger partial charge in [0.05, 0.1) is 0 Å². The Morgan fingerprint density at radius 3 is 2.74 bits per heavy atom. The van der Waals surface area contributed by atoms with Crippen molar-refractivity contribution in [3.63, 3.8) is 0 Å². The lowest BCUT2D eigenvalue weighted by Crippen LogP contribution is -2.37. The third kappa shape index (κ3) is 5.28. The molecule has 19 heavy (non-hydrogen) atoms. The van der Waals surface area contributed by atoms with Crippen LogP contribution in [0.4, 0.5) is 5.69 Å². The van der Waals surface area contributed by atoms with Crippen LogP contribution in [-0.4, -0.2) is 41.5 Å². The second kappa shape index (κ2) is 7.11. The molecule has 0 spiro atoms. The maximum absolute atomic E-state index is 11.7. The van der Waals surface area contributed by atoms with Gasteiger partial charge in [-0.3, -0.25) is 14.5 Å². The second-order valence-electron chi connectivity index (χ2n) is 4.30. The zero-order valence-corrected chi connectivity index (χ0v) is 11.6. The van der Waals surface area contributed by atoms with Crippen LogP contribution in [0.25, 0.3) is 0 Å². The van der Waals surface area contributed by atoms with E-state index in [0.717, 1.165) is 0 Å². The maximum atomic E-state index is 11.7. The number of halogens is 1. The van der Waals surface area contributed by atoms with Gasteiger partial charge in [-0.15, -0.1) is 0 Å². The van der Waals surface area contributed by atoms with E-state index in [1.165, 1.54) is 0 Å². The van der Waals surface area contributed by atoms with Crippen LogP contribution in [0.15, 0.2) is 24.3 Å². The molecule has 1 amide bonds. The van der Waals surface area contributed by atoms with Gasteiger partial charge in [-0.05, 0) is 32.2 Å². The quantitative estimate of drug-likeness (QED) is 0.839. The number of carboxylic acid groups (broad SMARTS) is 1. The number of hydrogen-bond donors (Lipinski definition) is 2. The summed E-state index contributed by atoms with van der Waals surface area (Å²) < 4.78 is 0. The largest absolute Gasteiger partial charge is 0.480 e. The standard InChI is InChI=1S/C13H17ClN2O3/c1-9(13(18)19)16(2)7-6-12(17)15-11-5-3-4-10(14)8-11/h3-5,8-9H,6-7H2,1-2H3,(H,15,17)(H,18,19). The predicted octanol–water partition coefficient (Wildman–Crippen LogP) is 2.07. The first-order chi connectivity index (χ1) is 8.90. The third-order valence-electron chi connectivity index (χ3n) is 2.82. The normalized spacial score (nSPS) is 12.2. The Morgan fingerprint density at radius 1 is 1.47 bits per heavy atom. The van der Waals surface area contributed by atoms with Crippen molar-refractivity contribution in [2.75, 3.05) is 18.9 Å². The Balaban J connectivity index is 2.42. The molecular formula is C13H17ClN2O3. The van der Waals surface area contributed by atoms with Gasteiger partial charge in [-0.2, -0.15) is 0 Å². The molecule has 1 aromatic carbocycles. The predicted molar refractivity (Wildman–Crippen MR) is 74.4 cm³/mol. The summed E-state index contributed by atoms with van der Waals surface area (Å²) in [6.07, 6.45) is 0.223. The molecule has 1 atom stereocenters. The fourth-order valence-electron chi connectivity index (χ4n) is 1.45. The maximum Gasteiger partial charge on any atom is 0.320 e. The number of amides is 1. The molecule has 0 saturated carbocycles. The lowest BCUT2D eigenvalue weighted by molar-refractivity contribution is -0.142. The summed E-state index contributed by atoms with van der Waals surface area (Å²) in [4.78, 5) is 24.1. The molecule has 0 aliphatic heterocycles. The molecule has 2 N–H and O–H groups in total. The fraction of sp³-hybridized carbons (Fsp3) is 0.385. The van der Waals surface area contributed by atoms with Gasteiger partial charge in [0.2, 0.25) is 5.91 Å². The SMILES string of the molecule is CC(C(=O)O)N(C)CCC(=O)Nc1cccc(Cl)c1. The minimum Gasteiger partial charge on any atom is -0.480 e. The molecule has 0 aliphatic rings. The Morgan fingerprint density at radius 2 is 2.16 bits per heavy atom. The van der Waals surface area contributed by atoms with Crippen LogP contribution >= 0.6 is 11.6 Å². The molecule has 0 bridgehead atoms. The summed E-state index contributed by atoms with van der Waals surface area (Å²) >= 11 is 5.81. The van der Waals surface area contributed by atoms with Crippen LogP contribution < -0.4 is 5.32 Å². The number of benzene rings is 1. The van der Waals surface area contributed by atoms with Gasteiger partial charge in [0, 0.05) is 23.7 Å². The monoisotopic (exact) mass is 284 g/mol. The zero-order valence-electron chi connectivity index (χ0n) is 10.9. The van der Waals surface area contributed by atoms with Crippen LogP contribution in [0.5, 0.6) is 0 Å². The van der Waals surface area contributed by atoms with E-state index in [9.17, 15) is 9.59 Å². The van der Waals surface area contributed by atoms with Crippen molar-refractivity contribution in [1.82, 2.24) is 4.90 Å². The van der Waals surface area contributed by atoms with E-state index >= 15 is 0 Å². The van der Waals surface area contributed by atoms with E-state index in [2.05, 4.69) is 5.32 Å². The topological polar surface area (TPSA) is 69.6 Å². The van der Waals surface area contributed by atoms with Gasteiger partial charge >= 0.3 is 5.97 Å². The van der Waals surface area contributed by atoms with Crippen LogP contribution in [0.3, 0.4) is 0 Å². The van der Waals surface area contributed by atoms with Crippen molar-refractivity contribution in [3.05, 3.63) is 29.3 Å². The van der Waals surface area contributed by atoms with E-state index < -0.39 is 12.0 Å². The lowest BCUT2D eigenvalue weighted by Gasteiger charge is -2.20. The second-order valence-corrected chi connectivity index (χ2v) is 4.74. The Bertz CT molecular complexity index is 465. The van der Waals surface area contributed by atoms with Crippen molar-refractivity contribution in [2.45, 2.75) is 19.4 Å². The molecule has 0 aromatic heterocycles. The number of nitrogens with one attached hydrogen (secondary N) is 1. The summed E-state index contributed by atoms with van der Waals surface area (Å²) in [6.45, 7) is 1.96. The van der Waals surface area contributed by atoms with Crippen LogP contribution in [-0.2, 0) is 9.59 Å². The number of anilines is 1. The summed E-state index contributed by atoms with van der Waals surface area (Å²) in [5, 5.41) is 12.1. The van der Waals surface area contributed by atoms with Gasteiger partial charge in [0.25, 0.3) is 0 Å². The number of carbonyl (C=O) groups excluding carboxylic acids is 1. The molecule has 0 heterocycles. The van der Waals surface area contributed by atoms with Gasteiger partial charge in [-0.1, -0.05) is 17.7 Å². The molecule has 0 aliphatic carbocycles. The number of carbonyl (C=O) groups is 2. The molecule has 104 valence electrons. The van der Waals surface area contributed by atoms with Crippen molar-refractivity contribution in [2.24, 2.45) is 0 Å². The summed E-state index contributed by atoms with van der Waals surface area (Å²) in [6, 6.07) is 6.26. The highest BCUT2D eigenvalue weighted by Gasteiger charge is 2.17. The zero-order chi connectivity index (χ0) is 14.4. The molecule has 1 rings (SSSR count). The van der Waals surface area contributed by atoms with E-state index in [4.69, 9.17) is 16.7 Å². The van der Waals surface area contributed by atoms with Crippen LogP contribution in [0.1, 0.15) is 13.3 Å². The molecule has 0 saturated heterocycles. The number of likely N-dealkylation sites (N-methyl/N-ethyl adjacent to an activating group) is 1. The Kier molecular flexibility index (Phi) is 5.79. The van der Waals surface area contributed by atoms with E-state index in [-0.39, 0.29) is 12.3 Å². The van der Waals surface area contributed by atoms with Gasteiger partial charge < -0.3 is 10.4 Å². The average molecular weight is 285 g/mol. The lowest BCUT2D eigenvalue weighted by atomic mass is 10.2. The molecule has 0 radical (unpaired) electrons. The highest BCUT2D eigenvalue weighted by atomic mass is 35.5. The number of rotatable bonds is 6. The Labute approximate surface area is 117 Å². The highest BCUT2D eigenvalue weighted by Crippen LogP contribution is 2.15. The van der Waals surface area contributed by atoms with Crippen molar-refractivity contribution in [3.8, 4) is 0 Å². The first-order valence-electron chi connectivity index (χ1n) is 5.88. The molecule has 5 nitrogen and oxygen atoms in total. The molecule has 0 fully saturated rings. The molecular weight excluding hydrogens is 268 g/mol. The Hall–Kier alpha value is -1.59. The van der Waals surface area contributed by atoms with E-state index in [1.54, 1.807) is 43.1 Å². The minimum atomic E-state index is -0.905. The number of hydrogen-bond acceptors (Lipinski definition) is 3. The number of carboxylic acids is 1. The number of aliphatic carboxylic acids is 1. The van der Waals surface area contributed by atoms with Gasteiger partial charge in [0.15, 0.2) is 0 Å². The van der Waals surface area contributed by atoms with Crippen molar-refractivity contribution < 1.29 is 14.7 Å².